The maximum Gasteiger partial charge on any atom is 0.124 e. The molecule has 0 aromatic heterocycles. The van der Waals surface area contributed by atoms with Crippen molar-refractivity contribution >= 4 is 22.6 Å². The number of rotatable bonds is 2. The second kappa shape index (κ2) is 4.61. The summed E-state index contributed by atoms with van der Waals surface area (Å²) in [6.45, 7) is 1.70. The quantitative estimate of drug-likeness (QED) is 0.571. The van der Waals surface area contributed by atoms with Gasteiger partial charge in [0.25, 0.3) is 0 Å². The lowest BCUT2D eigenvalue weighted by Crippen LogP contribution is -2.53. The molecule has 82 valence electrons. The molecule has 2 atom stereocenters. The standard InChI is InChI=1S/C10H17FINO/c1-14-8-4-7(5-8)13-3-2-10(12)9(11)6-13/h7-10H,2-6H2,1H3/t7?,8?,9-,10-/m0/s1. The van der Waals surface area contributed by atoms with Crippen LogP contribution in [0.2, 0.25) is 0 Å². The fourth-order valence-corrected chi connectivity index (χ4v) is 2.77. The molecule has 1 saturated heterocycles. The van der Waals surface area contributed by atoms with Gasteiger partial charge in [0.15, 0.2) is 0 Å². The van der Waals surface area contributed by atoms with E-state index in [0.717, 1.165) is 25.8 Å². The predicted octanol–water partition coefficient (Wildman–Crippen LogP) is 2.01. The van der Waals surface area contributed by atoms with E-state index in [2.05, 4.69) is 27.5 Å². The van der Waals surface area contributed by atoms with Crippen molar-refractivity contribution in [1.29, 1.82) is 0 Å². The topological polar surface area (TPSA) is 12.5 Å². The smallest absolute Gasteiger partial charge is 0.124 e. The fourth-order valence-electron chi connectivity index (χ4n) is 2.26. The highest BCUT2D eigenvalue weighted by Gasteiger charge is 2.37. The van der Waals surface area contributed by atoms with Crippen molar-refractivity contribution in [2.24, 2.45) is 0 Å². The fraction of sp³-hybridized carbons (Fsp3) is 1.00. The van der Waals surface area contributed by atoms with Crippen LogP contribution < -0.4 is 0 Å². The number of ether oxygens (including phenoxy) is 1. The van der Waals surface area contributed by atoms with Crippen LogP contribution in [-0.4, -0.2) is 47.3 Å². The summed E-state index contributed by atoms with van der Waals surface area (Å²) in [6.07, 6.45) is 2.97. The van der Waals surface area contributed by atoms with Gasteiger partial charge in [-0.05, 0) is 25.8 Å². The summed E-state index contributed by atoms with van der Waals surface area (Å²) in [5, 5.41) is 0. The number of piperidine rings is 1. The van der Waals surface area contributed by atoms with E-state index in [1.54, 1.807) is 7.11 Å². The van der Waals surface area contributed by atoms with Gasteiger partial charge in [0, 0.05) is 23.6 Å². The molecule has 1 saturated carbocycles. The Morgan fingerprint density at radius 1 is 1.43 bits per heavy atom. The zero-order valence-corrected chi connectivity index (χ0v) is 10.6. The third kappa shape index (κ3) is 2.22. The predicted molar refractivity (Wildman–Crippen MR) is 62.7 cm³/mol. The molecule has 4 heteroatoms. The maximum atomic E-state index is 13.4. The molecule has 2 nitrogen and oxygen atoms in total. The molecule has 0 spiro atoms. The molecule has 0 unspecified atom stereocenters. The lowest BCUT2D eigenvalue weighted by Gasteiger charge is -2.45. The van der Waals surface area contributed by atoms with Gasteiger partial charge in [0.1, 0.15) is 6.17 Å². The SMILES string of the molecule is COC1CC(N2CC[C@H](I)[C@@H](F)C2)C1. The second-order valence-electron chi connectivity index (χ2n) is 4.30. The van der Waals surface area contributed by atoms with E-state index in [1.165, 1.54) is 0 Å². The summed E-state index contributed by atoms with van der Waals surface area (Å²) >= 11 is 2.23. The number of methoxy groups -OCH3 is 1. The number of hydrogen-bond acceptors (Lipinski definition) is 2. The highest BCUT2D eigenvalue weighted by Crippen LogP contribution is 2.31. The highest BCUT2D eigenvalue weighted by molar-refractivity contribution is 14.1. The van der Waals surface area contributed by atoms with Crippen molar-refractivity contribution in [3.8, 4) is 0 Å². The highest BCUT2D eigenvalue weighted by atomic mass is 127. The summed E-state index contributed by atoms with van der Waals surface area (Å²) in [4.78, 5) is 2.30. The van der Waals surface area contributed by atoms with Gasteiger partial charge in [0.05, 0.1) is 6.10 Å². The van der Waals surface area contributed by atoms with Gasteiger partial charge in [-0.1, -0.05) is 22.6 Å². The van der Waals surface area contributed by atoms with Crippen molar-refractivity contribution in [1.82, 2.24) is 4.90 Å². The van der Waals surface area contributed by atoms with E-state index in [1.807, 2.05) is 0 Å². The van der Waals surface area contributed by atoms with Crippen LogP contribution in [0.4, 0.5) is 4.39 Å². The van der Waals surface area contributed by atoms with Gasteiger partial charge in [0.2, 0.25) is 0 Å². The van der Waals surface area contributed by atoms with Crippen LogP contribution in [0.25, 0.3) is 0 Å². The molecule has 0 radical (unpaired) electrons. The Balaban J connectivity index is 1.78. The minimum absolute atomic E-state index is 0.224. The average molecular weight is 313 g/mol. The molecule has 0 aromatic carbocycles. The molecule has 0 aromatic rings. The van der Waals surface area contributed by atoms with Gasteiger partial charge in [-0.25, -0.2) is 4.39 Å². The Kier molecular flexibility index (Phi) is 3.65. The first-order valence-corrected chi connectivity index (χ1v) is 6.50. The lowest BCUT2D eigenvalue weighted by molar-refractivity contribution is -0.0397. The van der Waals surface area contributed by atoms with Crippen molar-refractivity contribution in [2.45, 2.75) is 41.5 Å². The Morgan fingerprint density at radius 3 is 2.71 bits per heavy atom. The van der Waals surface area contributed by atoms with Crippen molar-refractivity contribution in [3.05, 3.63) is 0 Å². The zero-order valence-electron chi connectivity index (χ0n) is 8.46. The second-order valence-corrected chi connectivity index (χ2v) is 5.90. The minimum atomic E-state index is -0.633. The lowest BCUT2D eigenvalue weighted by atomic mass is 9.86. The molecule has 0 bridgehead atoms. The van der Waals surface area contributed by atoms with E-state index in [0.29, 0.717) is 18.7 Å². The number of halogens is 2. The largest absolute Gasteiger partial charge is 0.381 e. The Hall–Kier alpha value is 0.580. The summed E-state index contributed by atoms with van der Waals surface area (Å²) in [5.74, 6) is 0. The van der Waals surface area contributed by atoms with Crippen LogP contribution in [0.3, 0.4) is 0 Å². The molecule has 2 aliphatic rings. The maximum absolute atomic E-state index is 13.4. The molecule has 0 N–H and O–H groups in total. The Labute approximate surface area is 98.3 Å². The molecule has 2 rings (SSSR count). The van der Waals surface area contributed by atoms with Gasteiger partial charge in [-0.15, -0.1) is 0 Å². The van der Waals surface area contributed by atoms with Crippen LogP contribution >= 0.6 is 22.6 Å². The molecular formula is C10H17FINO. The first-order valence-electron chi connectivity index (χ1n) is 5.25. The van der Waals surface area contributed by atoms with E-state index in [-0.39, 0.29) is 3.92 Å². The van der Waals surface area contributed by atoms with Gasteiger partial charge >= 0.3 is 0 Å². The van der Waals surface area contributed by atoms with E-state index in [9.17, 15) is 4.39 Å². The minimum Gasteiger partial charge on any atom is -0.381 e. The number of likely N-dealkylation sites (tertiary alicyclic amines) is 1. The van der Waals surface area contributed by atoms with E-state index >= 15 is 0 Å². The third-order valence-corrected chi connectivity index (χ3v) is 4.82. The molecule has 1 aliphatic heterocycles. The first-order chi connectivity index (χ1) is 6.70. The summed E-state index contributed by atoms with van der Waals surface area (Å²) in [7, 11) is 1.76. The molecular weight excluding hydrogens is 296 g/mol. The summed E-state index contributed by atoms with van der Waals surface area (Å²) in [6, 6.07) is 0.585. The first kappa shape index (κ1) is 11.1. The Morgan fingerprint density at radius 2 is 2.14 bits per heavy atom. The van der Waals surface area contributed by atoms with Gasteiger partial charge in [-0.3, -0.25) is 4.90 Å². The molecule has 1 aliphatic carbocycles. The van der Waals surface area contributed by atoms with E-state index < -0.39 is 6.17 Å². The number of hydrogen-bond donors (Lipinski definition) is 0. The van der Waals surface area contributed by atoms with Crippen LogP contribution in [-0.2, 0) is 4.74 Å². The zero-order chi connectivity index (χ0) is 10.1. The van der Waals surface area contributed by atoms with Gasteiger partial charge in [-0.2, -0.15) is 0 Å². The van der Waals surface area contributed by atoms with Gasteiger partial charge < -0.3 is 4.74 Å². The summed E-state index contributed by atoms with van der Waals surface area (Å²) in [5.41, 5.74) is 0. The monoisotopic (exact) mass is 313 g/mol. The average Bonchev–Trinajstić information content (AvgIpc) is 2.09. The van der Waals surface area contributed by atoms with Crippen molar-refractivity contribution in [2.75, 3.05) is 20.2 Å². The van der Waals surface area contributed by atoms with Crippen LogP contribution in [0.5, 0.6) is 0 Å². The molecule has 0 amide bonds. The normalized spacial score (nSPS) is 44.8. The number of nitrogens with zero attached hydrogens (tertiary/aromatic N) is 1. The van der Waals surface area contributed by atoms with Crippen molar-refractivity contribution < 1.29 is 9.13 Å². The van der Waals surface area contributed by atoms with Crippen LogP contribution in [0.15, 0.2) is 0 Å². The van der Waals surface area contributed by atoms with E-state index in [4.69, 9.17) is 4.74 Å². The molecule has 2 fully saturated rings. The molecule has 14 heavy (non-hydrogen) atoms. The third-order valence-electron chi connectivity index (χ3n) is 3.41. The molecule has 1 heterocycles. The summed E-state index contributed by atoms with van der Waals surface area (Å²) < 4.78 is 18.9. The van der Waals surface area contributed by atoms with Crippen LogP contribution in [0, 0.1) is 0 Å². The number of alkyl halides is 2. The van der Waals surface area contributed by atoms with Crippen LogP contribution in [0.1, 0.15) is 19.3 Å². The van der Waals surface area contributed by atoms with Crippen molar-refractivity contribution in [3.63, 3.8) is 0 Å². The Bertz CT molecular complexity index is 199.